The van der Waals surface area contributed by atoms with Gasteiger partial charge in [-0.1, -0.05) is 11.8 Å². The molecular weight excluding hydrogens is 300 g/mol. The fourth-order valence-electron chi connectivity index (χ4n) is 2.55. The molecule has 0 spiro atoms. The van der Waals surface area contributed by atoms with Crippen molar-refractivity contribution in [3.05, 3.63) is 24.5 Å². The number of hydrogen-bond acceptors (Lipinski definition) is 6. The summed E-state index contributed by atoms with van der Waals surface area (Å²) < 4.78 is 5.58. The molecule has 1 atom stereocenters. The predicted molar refractivity (Wildman–Crippen MR) is 83.3 cm³/mol. The summed E-state index contributed by atoms with van der Waals surface area (Å²) in [4.78, 5) is 18.2. The third-order valence-corrected chi connectivity index (χ3v) is 4.58. The van der Waals surface area contributed by atoms with Crippen molar-refractivity contribution in [1.82, 2.24) is 20.1 Å². The number of piperidine rings is 1. The van der Waals surface area contributed by atoms with Crippen molar-refractivity contribution >= 4 is 17.7 Å². The van der Waals surface area contributed by atoms with Crippen LogP contribution in [0.15, 0.2) is 34.2 Å². The molecule has 2 aromatic rings. The average molecular weight is 318 g/mol. The third-order valence-electron chi connectivity index (χ3n) is 3.78. The van der Waals surface area contributed by atoms with Gasteiger partial charge in [0.2, 0.25) is 11.8 Å². The van der Waals surface area contributed by atoms with Crippen LogP contribution in [-0.2, 0) is 4.79 Å². The molecule has 0 aromatic carbocycles. The predicted octanol–water partition coefficient (Wildman–Crippen LogP) is 2.62. The Balaban J connectivity index is 1.58. The third kappa shape index (κ3) is 3.47. The molecule has 0 N–H and O–H groups in total. The summed E-state index contributed by atoms with van der Waals surface area (Å²) >= 11 is 1.29. The van der Waals surface area contributed by atoms with E-state index < -0.39 is 0 Å². The number of amides is 1. The zero-order chi connectivity index (χ0) is 15.4. The van der Waals surface area contributed by atoms with Crippen molar-refractivity contribution in [1.29, 1.82) is 0 Å². The lowest BCUT2D eigenvalue weighted by Gasteiger charge is -2.33. The SMILES string of the molecule is C[C@H]1CCCCN1C(=O)CSc1nnc(-c2ccncc2)o1. The fourth-order valence-corrected chi connectivity index (χ4v) is 3.20. The molecule has 3 rings (SSSR count). The van der Waals surface area contributed by atoms with E-state index in [1.54, 1.807) is 12.4 Å². The van der Waals surface area contributed by atoms with Gasteiger partial charge in [0.15, 0.2) is 0 Å². The van der Waals surface area contributed by atoms with Gasteiger partial charge in [0.05, 0.1) is 5.75 Å². The van der Waals surface area contributed by atoms with Gasteiger partial charge in [-0.3, -0.25) is 9.78 Å². The van der Waals surface area contributed by atoms with Crippen LogP contribution in [-0.4, -0.2) is 44.3 Å². The molecule has 1 saturated heterocycles. The summed E-state index contributed by atoms with van der Waals surface area (Å²) in [5, 5.41) is 8.41. The second-order valence-electron chi connectivity index (χ2n) is 5.33. The van der Waals surface area contributed by atoms with Crippen LogP contribution in [0.5, 0.6) is 0 Å². The maximum atomic E-state index is 12.3. The molecule has 0 saturated carbocycles. The Hall–Kier alpha value is -1.89. The molecule has 0 bridgehead atoms. The Morgan fingerprint density at radius 3 is 2.95 bits per heavy atom. The van der Waals surface area contributed by atoms with E-state index in [9.17, 15) is 4.79 Å². The largest absolute Gasteiger partial charge is 0.411 e. The lowest BCUT2D eigenvalue weighted by Crippen LogP contribution is -2.42. The van der Waals surface area contributed by atoms with Crippen LogP contribution in [0.25, 0.3) is 11.5 Å². The van der Waals surface area contributed by atoms with Gasteiger partial charge in [0.1, 0.15) is 0 Å². The van der Waals surface area contributed by atoms with E-state index in [-0.39, 0.29) is 5.91 Å². The molecule has 22 heavy (non-hydrogen) atoms. The van der Waals surface area contributed by atoms with Crippen LogP contribution in [0.4, 0.5) is 0 Å². The van der Waals surface area contributed by atoms with E-state index in [0.29, 0.717) is 22.9 Å². The zero-order valence-corrected chi connectivity index (χ0v) is 13.3. The molecule has 1 aliphatic heterocycles. The van der Waals surface area contributed by atoms with Crippen molar-refractivity contribution in [3.8, 4) is 11.5 Å². The number of carbonyl (C=O) groups is 1. The highest BCUT2D eigenvalue weighted by Crippen LogP contribution is 2.24. The Kier molecular flexibility index (Phi) is 4.72. The van der Waals surface area contributed by atoms with Crippen molar-refractivity contribution in [3.63, 3.8) is 0 Å². The van der Waals surface area contributed by atoms with Crippen LogP contribution < -0.4 is 0 Å². The lowest BCUT2D eigenvalue weighted by atomic mass is 10.0. The first-order valence-corrected chi connectivity index (χ1v) is 8.39. The van der Waals surface area contributed by atoms with Gasteiger partial charge in [0, 0.05) is 30.5 Å². The van der Waals surface area contributed by atoms with Crippen molar-refractivity contribution in [2.45, 2.75) is 37.5 Å². The van der Waals surface area contributed by atoms with Gasteiger partial charge in [-0.25, -0.2) is 0 Å². The van der Waals surface area contributed by atoms with Crippen molar-refractivity contribution in [2.24, 2.45) is 0 Å². The molecule has 1 fully saturated rings. The van der Waals surface area contributed by atoms with Crippen LogP contribution >= 0.6 is 11.8 Å². The molecule has 0 radical (unpaired) electrons. The van der Waals surface area contributed by atoms with Gasteiger partial charge in [-0.2, -0.15) is 0 Å². The summed E-state index contributed by atoms with van der Waals surface area (Å²) in [5.74, 6) is 0.923. The van der Waals surface area contributed by atoms with E-state index >= 15 is 0 Å². The van der Waals surface area contributed by atoms with Gasteiger partial charge in [-0.05, 0) is 38.3 Å². The lowest BCUT2D eigenvalue weighted by molar-refractivity contribution is -0.131. The molecule has 0 unspecified atom stereocenters. The molecule has 0 aliphatic carbocycles. The number of hydrogen-bond donors (Lipinski definition) is 0. The van der Waals surface area contributed by atoms with Crippen LogP contribution in [0, 0.1) is 0 Å². The highest BCUT2D eigenvalue weighted by atomic mass is 32.2. The molecule has 6 nitrogen and oxygen atoms in total. The number of aromatic nitrogens is 3. The highest BCUT2D eigenvalue weighted by Gasteiger charge is 2.23. The number of carbonyl (C=O) groups excluding carboxylic acids is 1. The summed E-state index contributed by atoms with van der Waals surface area (Å²) in [6.07, 6.45) is 6.73. The minimum Gasteiger partial charge on any atom is -0.411 e. The molecular formula is C15H18N4O2S. The molecule has 1 amide bonds. The van der Waals surface area contributed by atoms with E-state index in [1.165, 1.54) is 18.2 Å². The Morgan fingerprint density at radius 2 is 2.18 bits per heavy atom. The number of pyridine rings is 1. The smallest absolute Gasteiger partial charge is 0.277 e. The summed E-state index contributed by atoms with van der Waals surface area (Å²) in [6, 6.07) is 3.95. The first-order chi connectivity index (χ1) is 10.7. The first-order valence-electron chi connectivity index (χ1n) is 7.40. The Morgan fingerprint density at radius 1 is 1.36 bits per heavy atom. The second kappa shape index (κ2) is 6.91. The van der Waals surface area contributed by atoms with Gasteiger partial charge in [-0.15, -0.1) is 10.2 Å². The minimum absolute atomic E-state index is 0.140. The number of thioether (sulfide) groups is 1. The van der Waals surface area contributed by atoms with E-state index in [4.69, 9.17) is 4.42 Å². The monoisotopic (exact) mass is 318 g/mol. The summed E-state index contributed by atoms with van der Waals surface area (Å²) in [6.45, 7) is 2.96. The van der Waals surface area contributed by atoms with Crippen LogP contribution in [0.2, 0.25) is 0 Å². The van der Waals surface area contributed by atoms with E-state index in [2.05, 4.69) is 22.1 Å². The Labute approximate surface area is 133 Å². The molecule has 2 aromatic heterocycles. The normalized spacial score (nSPS) is 18.4. The van der Waals surface area contributed by atoms with Gasteiger partial charge < -0.3 is 9.32 Å². The maximum Gasteiger partial charge on any atom is 0.277 e. The fraction of sp³-hybridized carbons (Fsp3) is 0.467. The quantitative estimate of drug-likeness (QED) is 0.807. The first kappa shape index (κ1) is 15.0. The average Bonchev–Trinajstić information content (AvgIpc) is 3.03. The summed E-state index contributed by atoms with van der Waals surface area (Å²) in [7, 11) is 0. The van der Waals surface area contributed by atoms with Gasteiger partial charge in [0.25, 0.3) is 5.22 Å². The van der Waals surface area contributed by atoms with E-state index in [0.717, 1.165) is 24.9 Å². The second-order valence-corrected chi connectivity index (χ2v) is 6.26. The topological polar surface area (TPSA) is 72.1 Å². The highest BCUT2D eigenvalue weighted by molar-refractivity contribution is 7.99. The molecule has 3 heterocycles. The zero-order valence-electron chi connectivity index (χ0n) is 12.4. The van der Waals surface area contributed by atoms with E-state index in [1.807, 2.05) is 17.0 Å². The number of likely N-dealkylation sites (tertiary alicyclic amines) is 1. The summed E-state index contributed by atoms with van der Waals surface area (Å²) in [5.41, 5.74) is 0.824. The number of nitrogens with zero attached hydrogens (tertiary/aromatic N) is 4. The maximum absolute atomic E-state index is 12.3. The van der Waals surface area contributed by atoms with Gasteiger partial charge >= 0.3 is 0 Å². The molecule has 7 heteroatoms. The van der Waals surface area contributed by atoms with Crippen molar-refractivity contribution < 1.29 is 9.21 Å². The molecule has 116 valence electrons. The number of rotatable bonds is 4. The van der Waals surface area contributed by atoms with Crippen LogP contribution in [0.1, 0.15) is 26.2 Å². The Bertz CT molecular complexity index is 631. The minimum atomic E-state index is 0.140. The standard InChI is InChI=1S/C15H18N4O2S/c1-11-4-2-3-9-19(11)13(20)10-22-15-18-17-14(21-15)12-5-7-16-8-6-12/h5-8,11H,2-4,9-10H2,1H3/t11-/m0/s1. The van der Waals surface area contributed by atoms with Crippen LogP contribution in [0.3, 0.4) is 0 Å². The molecule has 1 aliphatic rings. The van der Waals surface area contributed by atoms with Crippen molar-refractivity contribution in [2.75, 3.05) is 12.3 Å².